The summed E-state index contributed by atoms with van der Waals surface area (Å²) in [7, 11) is 0. The predicted molar refractivity (Wildman–Crippen MR) is 53.6 cm³/mol. The number of nitrogens with one attached hydrogen (secondary N) is 1. The number of hydrogen-bond acceptors (Lipinski definition) is 3. The fourth-order valence-electron chi connectivity index (χ4n) is 1.06. The van der Waals surface area contributed by atoms with E-state index in [0.717, 1.165) is 6.07 Å². The summed E-state index contributed by atoms with van der Waals surface area (Å²) in [5.74, 6) is -4.50. The molecule has 9 heteroatoms. The van der Waals surface area contributed by atoms with Crippen LogP contribution in [0.2, 0.25) is 0 Å². The van der Waals surface area contributed by atoms with Crippen LogP contribution >= 0.6 is 0 Å². The lowest BCUT2D eigenvalue weighted by molar-refractivity contribution is -0.141. The van der Waals surface area contributed by atoms with Gasteiger partial charge in [-0.15, -0.1) is 0 Å². The molecule has 1 amide bonds. The zero-order valence-electron chi connectivity index (χ0n) is 9.34. The standard InChI is InChI=1S/C10H9F5N2O2/c11-9(12,5-18)4-17-8(19)6-1-2-7(16-3-6)10(13,14)15/h1-3,18H,4-5H2,(H,17,19). The Morgan fingerprint density at radius 2 is 1.89 bits per heavy atom. The molecule has 1 heterocycles. The van der Waals surface area contributed by atoms with Gasteiger partial charge < -0.3 is 10.4 Å². The molecule has 0 spiro atoms. The van der Waals surface area contributed by atoms with E-state index in [1.807, 2.05) is 0 Å². The first-order chi connectivity index (χ1) is 8.65. The SMILES string of the molecule is O=C(NCC(F)(F)CO)c1ccc(C(F)(F)F)nc1. The van der Waals surface area contributed by atoms with Gasteiger partial charge in [0, 0.05) is 6.20 Å². The predicted octanol–water partition coefficient (Wildman–Crippen LogP) is 1.46. The van der Waals surface area contributed by atoms with Gasteiger partial charge in [-0.25, -0.2) is 8.78 Å². The van der Waals surface area contributed by atoms with Crippen molar-refractivity contribution in [2.75, 3.05) is 13.2 Å². The Morgan fingerprint density at radius 3 is 2.32 bits per heavy atom. The zero-order valence-corrected chi connectivity index (χ0v) is 9.34. The first kappa shape index (κ1) is 15.3. The van der Waals surface area contributed by atoms with Gasteiger partial charge in [0.25, 0.3) is 11.8 Å². The highest BCUT2D eigenvalue weighted by Crippen LogP contribution is 2.27. The van der Waals surface area contributed by atoms with Crippen LogP contribution in [0.5, 0.6) is 0 Å². The molecule has 0 unspecified atom stereocenters. The lowest BCUT2D eigenvalue weighted by atomic mass is 10.2. The Balaban J connectivity index is 2.69. The molecule has 0 saturated heterocycles. The molecule has 106 valence electrons. The third-order valence-corrected chi connectivity index (χ3v) is 2.06. The molecule has 0 aliphatic carbocycles. The monoisotopic (exact) mass is 284 g/mol. The number of hydrogen-bond donors (Lipinski definition) is 2. The smallest absolute Gasteiger partial charge is 0.390 e. The summed E-state index contributed by atoms with van der Waals surface area (Å²) >= 11 is 0. The van der Waals surface area contributed by atoms with E-state index in [4.69, 9.17) is 5.11 Å². The number of aliphatic hydroxyl groups is 1. The molecule has 1 aromatic heterocycles. The molecule has 0 aromatic carbocycles. The van der Waals surface area contributed by atoms with E-state index in [0.29, 0.717) is 12.3 Å². The quantitative estimate of drug-likeness (QED) is 0.823. The maximum absolute atomic E-state index is 12.6. The lowest BCUT2D eigenvalue weighted by Gasteiger charge is -2.14. The highest BCUT2D eigenvalue weighted by molar-refractivity contribution is 5.93. The van der Waals surface area contributed by atoms with Crippen molar-refractivity contribution in [3.05, 3.63) is 29.6 Å². The summed E-state index contributed by atoms with van der Waals surface area (Å²) in [6.07, 6.45) is -4.01. The average Bonchev–Trinajstić information content (AvgIpc) is 2.35. The molecule has 0 fully saturated rings. The summed E-state index contributed by atoms with van der Waals surface area (Å²) in [5.41, 5.74) is -1.48. The van der Waals surface area contributed by atoms with Gasteiger partial charge in [0.1, 0.15) is 12.3 Å². The molecule has 2 N–H and O–H groups in total. The van der Waals surface area contributed by atoms with Crippen LogP contribution in [-0.4, -0.2) is 35.1 Å². The van der Waals surface area contributed by atoms with Crippen molar-refractivity contribution in [3.8, 4) is 0 Å². The van der Waals surface area contributed by atoms with Crippen LogP contribution < -0.4 is 5.32 Å². The van der Waals surface area contributed by atoms with E-state index in [1.54, 1.807) is 5.32 Å². The Bertz CT molecular complexity index is 444. The van der Waals surface area contributed by atoms with Crippen molar-refractivity contribution in [2.45, 2.75) is 12.1 Å². The fourth-order valence-corrected chi connectivity index (χ4v) is 1.06. The normalized spacial score (nSPS) is 12.3. The molecule has 0 bridgehead atoms. The van der Waals surface area contributed by atoms with E-state index in [9.17, 15) is 26.7 Å². The number of carbonyl (C=O) groups excluding carboxylic acids is 1. The van der Waals surface area contributed by atoms with Crippen LogP contribution in [0.4, 0.5) is 22.0 Å². The lowest BCUT2D eigenvalue weighted by Crippen LogP contribution is -2.39. The van der Waals surface area contributed by atoms with Gasteiger partial charge in [-0.2, -0.15) is 13.2 Å². The maximum atomic E-state index is 12.6. The molecule has 1 aromatic rings. The van der Waals surface area contributed by atoms with Gasteiger partial charge in [-0.1, -0.05) is 0 Å². The summed E-state index contributed by atoms with van der Waals surface area (Å²) in [6.45, 7) is -2.57. The van der Waals surface area contributed by atoms with Crippen molar-refractivity contribution >= 4 is 5.91 Å². The van der Waals surface area contributed by atoms with Crippen molar-refractivity contribution < 1.29 is 31.9 Å². The Labute approximate surface area is 104 Å². The van der Waals surface area contributed by atoms with Crippen molar-refractivity contribution in [2.24, 2.45) is 0 Å². The number of halogens is 5. The number of aromatic nitrogens is 1. The number of amides is 1. The van der Waals surface area contributed by atoms with Crippen molar-refractivity contribution in [1.82, 2.24) is 10.3 Å². The molecular formula is C10H9F5N2O2. The highest BCUT2D eigenvalue weighted by atomic mass is 19.4. The van der Waals surface area contributed by atoms with Crippen LogP contribution in [0.3, 0.4) is 0 Å². The van der Waals surface area contributed by atoms with E-state index in [2.05, 4.69) is 4.98 Å². The fraction of sp³-hybridized carbons (Fsp3) is 0.400. The number of carbonyl (C=O) groups is 1. The minimum absolute atomic E-state index is 0.290. The molecule has 4 nitrogen and oxygen atoms in total. The van der Waals surface area contributed by atoms with E-state index in [1.165, 1.54) is 0 Å². The number of aliphatic hydroxyl groups excluding tert-OH is 1. The van der Waals surface area contributed by atoms with E-state index >= 15 is 0 Å². The molecule has 1 rings (SSSR count). The maximum Gasteiger partial charge on any atom is 0.433 e. The Hall–Kier alpha value is -1.77. The first-order valence-electron chi connectivity index (χ1n) is 4.96. The molecule has 0 saturated carbocycles. The van der Waals surface area contributed by atoms with Gasteiger partial charge in [-0.05, 0) is 12.1 Å². The second-order valence-electron chi connectivity index (χ2n) is 3.63. The topological polar surface area (TPSA) is 62.2 Å². The van der Waals surface area contributed by atoms with Crippen molar-refractivity contribution in [3.63, 3.8) is 0 Å². The number of alkyl halides is 5. The summed E-state index contributed by atoms with van der Waals surface area (Å²) in [4.78, 5) is 14.3. The first-order valence-corrected chi connectivity index (χ1v) is 4.96. The van der Waals surface area contributed by atoms with E-state index < -0.39 is 36.9 Å². The molecule has 0 aliphatic rings. The largest absolute Gasteiger partial charge is 0.433 e. The van der Waals surface area contributed by atoms with E-state index in [-0.39, 0.29) is 5.56 Å². The Kier molecular flexibility index (Phi) is 4.40. The number of nitrogens with zero attached hydrogens (tertiary/aromatic N) is 1. The summed E-state index contributed by atoms with van der Waals surface area (Å²) in [5, 5.41) is 10.0. The van der Waals surface area contributed by atoms with Crippen LogP contribution in [0.15, 0.2) is 18.3 Å². The molecule has 19 heavy (non-hydrogen) atoms. The minimum atomic E-state index is -4.64. The molecular weight excluding hydrogens is 275 g/mol. The van der Waals surface area contributed by atoms with Crippen molar-refractivity contribution in [1.29, 1.82) is 0 Å². The molecule has 0 radical (unpaired) electrons. The van der Waals surface area contributed by atoms with Crippen LogP contribution in [-0.2, 0) is 6.18 Å². The zero-order chi connectivity index (χ0) is 14.7. The van der Waals surface area contributed by atoms with Crippen LogP contribution in [0.25, 0.3) is 0 Å². The second kappa shape index (κ2) is 5.47. The average molecular weight is 284 g/mol. The third-order valence-electron chi connectivity index (χ3n) is 2.06. The van der Waals surface area contributed by atoms with Gasteiger partial charge in [0.15, 0.2) is 0 Å². The van der Waals surface area contributed by atoms with Gasteiger partial charge >= 0.3 is 6.18 Å². The third kappa shape index (κ3) is 4.43. The summed E-state index contributed by atoms with van der Waals surface area (Å²) in [6, 6.07) is 1.39. The molecule has 0 aliphatic heterocycles. The van der Waals surface area contributed by atoms with Gasteiger partial charge in [-0.3, -0.25) is 9.78 Å². The second-order valence-corrected chi connectivity index (χ2v) is 3.63. The Morgan fingerprint density at radius 1 is 1.26 bits per heavy atom. The number of pyridine rings is 1. The van der Waals surface area contributed by atoms with Crippen LogP contribution in [0.1, 0.15) is 16.1 Å². The molecule has 0 atom stereocenters. The van der Waals surface area contributed by atoms with Gasteiger partial charge in [0.05, 0.1) is 12.1 Å². The van der Waals surface area contributed by atoms with Gasteiger partial charge in [0.2, 0.25) is 0 Å². The number of rotatable bonds is 4. The summed E-state index contributed by atoms with van der Waals surface area (Å²) < 4.78 is 61.8. The highest BCUT2D eigenvalue weighted by Gasteiger charge is 2.32. The van der Waals surface area contributed by atoms with Crippen LogP contribution in [0, 0.1) is 0 Å². The minimum Gasteiger partial charge on any atom is -0.390 e.